The van der Waals surface area contributed by atoms with Crippen molar-refractivity contribution in [2.24, 2.45) is 0 Å². The molecule has 8 nitrogen and oxygen atoms in total. The lowest BCUT2D eigenvalue weighted by atomic mass is 10.1. The molecule has 4 heterocycles. The van der Waals surface area contributed by atoms with E-state index in [1.165, 1.54) is 0 Å². The number of piperidine rings is 1. The maximum atomic E-state index is 5.35. The van der Waals surface area contributed by atoms with Gasteiger partial charge in [-0.15, -0.1) is 0 Å². The highest BCUT2D eigenvalue weighted by Gasteiger charge is 2.18. The third-order valence-corrected chi connectivity index (χ3v) is 4.10. The van der Waals surface area contributed by atoms with Gasteiger partial charge in [-0.1, -0.05) is 5.16 Å². The first kappa shape index (κ1) is 14.8. The number of aromatic nitrogens is 5. The SMILES string of the molecule is COc1ccc(-c2noc(-c3ccn(C4CCCNC4)n3)n2)cn1. The lowest BCUT2D eigenvalue weighted by Crippen LogP contribution is -2.31. The maximum absolute atomic E-state index is 5.35. The van der Waals surface area contributed by atoms with Gasteiger partial charge < -0.3 is 14.6 Å². The monoisotopic (exact) mass is 326 g/mol. The summed E-state index contributed by atoms with van der Waals surface area (Å²) < 4.78 is 12.4. The highest BCUT2D eigenvalue weighted by molar-refractivity contribution is 5.56. The molecule has 3 aromatic rings. The largest absolute Gasteiger partial charge is 0.481 e. The number of nitrogens with one attached hydrogen (secondary N) is 1. The van der Waals surface area contributed by atoms with Crippen LogP contribution in [0.25, 0.3) is 23.0 Å². The van der Waals surface area contributed by atoms with Gasteiger partial charge in [0, 0.05) is 30.6 Å². The Bertz CT molecular complexity index is 804. The van der Waals surface area contributed by atoms with Crippen LogP contribution in [0.4, 0.5) is 0 Å². The minimum atomic E-state index is 0.376. The van der Waals surface area contributed by atoms with Crippen molar-refractivity contribution in [1.82, 2.24) is 30.2 Å². The fourth-order valence-corrected chi connectivity index (χ4v) is 2.79. The van der Waals surface area contributed by atoms with E-state index in [0.717, 1.165) is 31.5 Å². The van der Waals surface area contributed by atoms with E-state index in [1.54, 1.807) is 19.4 Å². The van der Waals surface area contributed by atoms with Gasteiger partial charge in [-0.2, -0.15) is 10.1 Å². The smallest absolute Gasteiger partial charge is 0.278 e. The first-order valence-corrected chi connectivity index (χ1v) is 7.94. The van der Waals surface area contributed by atoms with Gasteiger partial charge in [0.15, 0.2) is 5.69 Å². The van der Waals surface area contributed by atoms with Crippen LogP contribution in [0.3, 0.4) is 0 Å². The standard InChI is InChI=1S/C16H18N6O2/c1-23-14-5-4-11(9-18-14)15-19-16(24-21-15)13-6-8-22(20-13)12-3-2-7-17-10-12/h4-6,8-9,12,17H,2-3,7,10H2,1H3. The topological polar surface area (TPSA) is 90.9 Å². The molecule has 0 bridgehead atoms. The molecule has 1 N–H and O–H groups in total. The highest BCUT2D eigenvalue weighted by Crippen LogP contribution is 2.23. The van der Waals surface area contributed by atoms with Crippen LogP contribution in [0.15, 0.2) is 35.1 Å². The highest BCUT2D eigenvalue weighted by atomic mass is 16.5. The van der Waals surface area contributed by atoms with Gasteiger partial charge in [-0.05, 0) is 31.5 Å². The van der Waals surface area contributed by atoms with Crippen LogP contribution in [0.2, 0.25) is 0 Å². The quantitative estimate of drug-likeness (QED) is 0.783. The summed E-state index contributed by atoms with van der Waals surface area (Å²) in [6.45, 7) is 2.02. The minimum Gasteiger partial charge on any atom is -0.481 e. The van der Waals surface area contributed by atoms with Crippen LogP contribution < -0.4 is 10.1 Å². The number of pyridine rings is 1. The fraction of sp³-hybridized carbons (Fsp3) is 0.375. The third-order valence-electron chi connectivity index (χ3n) is 4.10. The van der Waals surface area contributed by atoms with Gasteiger partial charge in [-0.3, -0.25) is 4.68 Å². The lowest BCUT2D eigenvalue weighted by Gasteiger charge is -2.22. The van der Waals surface area contributed by atoms with Gasteiger partial charge in [0.25, 0.3) is 5.89 Å². The number of methoxy groups -OCH3 is 1. The number of ether oxygens (including phenoxy) is 1. The molecule has 0 radical (unpaired) electrons. The van der Waals surface area contributed by atoms with Crippen molar-refractivity contribution in [3.8, 4) is 28.9 Å². The van der Waals surface area contributed by atoms with Gasteiger partial charge in [-0.25, -0.2) is 4.98 Å². The predicted octanol–water partition coefficient (Wildman–Crippen LogP) is 1.93. The van der Waals surface area contributed by atoms with Gasteiger partial charge in [0.05, 0.1) is 13.2 Å². The van der Waals surface area contributed by atoms with Crippen molar-refractivity contribution < 1.29 is 9.26 Å². The predicted molar refractivity (Wildman–Crippen MR) is 86.4 cm³/mol. The second-order valence-electron chi connectivity index (χ2n) is 5.69. The van der Waals surface area contributed by atoms with E-state index in [4.69, 9.17) is 9.26 Å². The molecule has 1 aliphatic rings. The second kappa shape index (κ2) is 6.40. The number of nitrogens with zero attached hydrogens (tertiary/aromatic N) is 5. The van der Waals surface area contributed by atoms with Crippen LogP contribution in [-0.2, 0) is 0 Å². The second-order valence-corrected chi connectivity index (χ2v) is 5.69. The Morgan fingerprint density at radius 1 is 1.33 bits per heavy atom. The molecule has 0 amide bonds. The average molecular weight is 326 g/mol. The molecule has 0 aromatic carbocycles. The number of hydrogen-bond donors (Lipinski definition) is 1. The zero-order chi connectivity index (χ0) is 16.4. The number of hydrogen-bond acceptors (Lipinski definition) is 7. The van der Waals surface area contributed by atoms with E-state index in [-0.39, 0.29) is 0 Å². The Kier molecular flexibility index (Phi) is 3.96. The number of rotatable bonds is 4. The van der Waals surface area contributed by atoms with Crippen LogP contribution >= 0.6 is 0 Å². The van der Waals surface area contributed by atoms with Crippen molar-refractivity contribution in [1.29, 1.82) is 0 Å². The molecule has 1 fully saturated rings. The summed E-state index contributed by atoms with van der Waals surface area (Å²) >= 11 is 0. The molecule has 24 heavy (non-hydrogen) atoms. The summed E-state index contributed by atoms with van der Waals surface area (Å²) in [5.41, 5.74) is 1.45. The van der Waals surface area contributed by atoms with Gasteiger partial charge in [0.1, 0.15) is 0 Å². The van der Waals surface area contributed by atoms with E-state index >= 15 is 0 Å². The molecular formula is C16H18N6O2. The molecule has 1 saturated heterocycles. The summed E-state index contributed by atoms with van der Waals surface area (Å²) in [7, 11) is 1.58. The first-order chi connectivity index (χ1) is 11.8. The van der Waals surface area contributed by atoms with Crippen molar-refractivity contribution >= 4 is 0 Å². The van der Waals surface area contributed by atoms with Crippen LogP contribution in [0, 0.1) is 0 Å². The maximum Gasteiger partial charge on any atom is 0.278 e. The van der Waals surface area contributed by atoms with Crippen molar-refractivity contribution in [2.75, 3.05) is 20.2 Å². The Labute approximate surface area is 138 Å². The Balaban J connectivity index is 1.54. The van der Waals surface area contributed by atoms with Gasteiger partial charge in [0.2, 0.25) is 11.7 Å². The molecular weight excluding hydrogens is 308 g/mol. The molecule has 1 unspecified atom stereocenters. The Morgan fingerprint density at radius 2 is 2.29 bits per heavy atom. The molecule has 1 atom stereocenters. The third kappa shape index (κ3) is 2.88. The van der Waals surface area contributed by atoms with E-state index in [2.05, 4.69) is 25.5 Å². The molecule has 0 aliphatic carbocycles. The van der Waals surface area contributed by atoms with Crippen LogP contribution in [-0.4, -0.2) is 45.1 Å². The molecule has 0 spiro atoms. The van der Waals surface area contributed by atoms with E-state index in [1.807, 2.05) is 23.0 Å². The zero-order valence-electron chi connectivity index (χ0n) is 13.3. The summed E-state index contributed by atoms with van der Waals surface area (Å²) in [5, 5.41) is 12.0. The molecule has 124 valence electrons. The van der Waals surface area contributed by atoms with E-state index in [9.17, 15) is 0 Å². The summed E-state index contributed by atoms with van der Waals surface area (Å²) in [4.78, 5) is 8.56. The van der Waals surface area contributed by atoms with E-state index in [0.29, 0.717) is 29.3 Å². The normalized spacial score (nSPS) is 17.8. The lowest BCUT2D eigenvalue weighted by molar-refractivity contribution is 0.346. The summed E-state index contributed by atoms with van der Waals surface area (Å²) in [6, 6.07) is 5.88. The molecule has 4 rings (SSSR count). The molecule has 1 aliphatic heterocycles. The van der Waals surface area contributed by atoms with Gasteiger partial charge >= 0.3 is 0 Å². The first-order valence-electron chi connectivity index (χ1n) is 7.94. The van der Waals surface area contributed by atoms with Crippen molar-refractivity contribution in [2.45, 2.75) is 18.9 Å². The summed E-state index contributed by atoms with van der Waals surface area (Å²) in [5.74, 6) is 1.43. The molecule has 3 aromatic heterocycles. The van der Waals surface area contributed by atoms with Crippen LogP contribution in [0.1, 0.15) is 18.9 Å². The van der Waals surface area contributed by atoms with E-state index < -0.39 is 0 Å². The average Bonchev–Trinajstić information content (AvgIpc) is 3.32. The van der Waals surface area contributed by atoms with Crippen molar-refractivity contribution in [3.63, 3.8) is 0 Å². The Morgan fingerprint density at radius 3 is 3.04 bits per heavy atom. The zero-order valence-corrected chi connectivity index (χ0v) is 13.3. The minimum absolute atomic E-state index is 0.376. The molecule has 0 saturated carbocycles. The summed E-state index contributed by atoms with van der Waals surface area (Å²) in [6.07, 6.45) is 5.90. The van der Waals surface area contributed by atoms with Crippen LogP contribution in [0.5, 0.6) is 5.88 Å². The van der Waals surface area contributed by atoms with Crippen molar-refractivity contribution in [3.05, 3.63) is 30.6 Å². The Hall–Kier alpha value is -2.74. The fourth-order valence-electron chi connectivity index (χ4n) is 2.79. The molecule has 8 heteroatoms.